The number of amides is 1. The van der Waals surface area contributed by atoms with E-state index in [2.05, 4.69) is 5.32 Å². The molecule has 3 nitrogen and oxygen atoms in total. The lowest BCUT2D eigenvalue weighted by molar-refractivity contribution is -0.111. The van der Waals surface area contributed by atoms with Gasteiger partial charge in [0.25, 0.3) is 0 Å². The Hall–Kier alpha value is -2.10. The van der Waals surface area contributed by atoms with Crippen molar-refractivity contribution in [3.8, 4) is 0 Å². The fourth-order valence-electron chi connectivity index (χ4n) is 1.06. The third-order valence-corrected chi connectivity index (χ3v) is 1.81. The SMILES string of the molecule is CC=CC=CC(=O)Nc1ccc(F)c(N)c1. The average Bonchev–Trinajstić information content (AvgIpc) is 2.24. The zero-order valence-electron chi connectivity index (χ0n) is 8.91. The zero-order chi connectivity index (χ0) is 12.0. The van der Waals surface area contributed by atoms with E-state index >= 15 is 0 Å². The van der Waals surface area contributed by atoms with Gasteiger partial charge in [0.15, 0.2) is 0 Å². The fraction of sp³-hybridized carbons (Fsp3) is 0.0833. The molecule has 1 aromatic rings. The Labute approximate surface area is 93.5 Å². The first-order valence-electron chi connectivity index (χ1n) is 4.79. The summed E-state index contributed by atoms with van der Waals surface area (Å²) in [6.45, 7) is 1.85. The molecule has 0 aliphatic carbocycles. The maximum absolute atomic E-state index is 12.8. The van der Waals surface area contributed by atoms with Crippen LogP contribution in [0.2, 0.25) is 0 Å². The smallest absolute Gasteiger partial charge is 0.248 e. The molecule has 16 heavy (non-hydrogen) atoms. The van der Waals surface area contributed by atoms with E-state index < -0.39 is 5.82 Å². The van der Waals surface area contributed by atoms with Crippen LogP contribution in [0.15, 0.2) is 42.5 Å². The Bertz CT molecular complexity index is 439. The molecular weight excluding hydrogens is 207 g/mol. The first kappa shape index (κ1) is 12.0. The van der Waals surface area contributed by atoms with E-state index in [0.29, 0.717) is 5.69 Å². The van der Waals surface area contributed by atoms with Crippen molar-refractivity contribution in [3.05, 3.63) is 48.3 Å². The number of nitrogen functional groups attached to an aromatic ring is 1. The largest absolute Gasteiger partial charge is 0.396 e. The molecule has 3 N–H and O–H groups in total. The number of benzene rings is 1. The van der Waals surface area contributed by atoms with Crippen molar-refractivity contribution in [2.75, 3.05) is 11.1 Å². The highest BCUT2D eigenvalue weighted by Gasteiger charge is 2.01. The molecule has 0 unspecified atom stereocenters. The van der Waals surface area contributed by atoms with Crippen LogP contribution in [0, 0.1) is 5.82 Å². The van der Waals surface area contributed by atoms with Crippen LogP contribution in [0.25, 0.3) is 0 Å². The van der Waals surface area contributed by atoms with Gasteiger partial charge in [-0.1, -0.05) is 18.2 Å². The molecule has 0 radical (unpaired) electrons. The summed E-state index contributed by atoms with van der Waals surface area (Å²) in [6, 6.07) is 4.03. The third kappa shape index (κ3) is 3.57. The van der Waals surface area contributed by atoms with E-state index in [1.807, 2.05) is 6.92 Å². The minimum Gasteiger partial charge on any atom is -0.396 e. The minimum atomic E-state index is -0.498. The number of allylic oxidation sites excluding steroid dienone is 3. The van der Waals surface area contributed by atoms with Gasteiger partial charge < -0.3 is 11.1 Å². The number of halogens is 1. The van der Waals surface area contributed by atoms with Gasteiger partial charge in [0.2, 0.25) is 5.91 Å². The lowest BCUT2D eigenvalue weighted by Gasteiger charge is -2.03. The number of nitrogens with two attached hydrogens (primary N) is 1. The molecular formula is C12H13FN2O. The van der Waals surface area contributed by atoms with Gasteiger partial charge in [0.1, 0.15) is 5.82 Å². The topological polar surface area (TPSA) is 55.1 Å². The monoisotopic (exact) mass is 220 g/mol. The van der Waals surface area contributed by atoms with Crippen LogP contribution < -0.4 is 11.1 Å². The summed E-state index contributed by atoms with van der Waals surface area (Å²) in [6.07, 6.45) is 6.53. The lowest BCUT2D eigenvalue weighted by atomic mass is 10.2. The van der Waals surface area contributed by atoms with Gasteiger partial charge in [-0.15, -0.1) is 0 Å². The van der Waals surface area contributed by atoms with E-state index in [4.69, 9.17) is 5.73 Å². The molecule has 0 spiro atoms. The Morgan fingerprint density at radius 2 is 2.19 bits per heavy atom. The first-order chi connectivity index (χ1) is 7.63. The highest BCUT2D eigenvalue weighted by atomic mass is 19.1. The second kappa shape index (κ2) is 5.70. The molecule has 0 bridgehead atoms. The van der Waals surface area contributed by atoms with Crippen molar-refractivity contribution < 1.29 is 9.18 Å². The molecule has 1 aromatic carbocycles. The van der Waals surface area contributed by atoms with Crippen LogP contribution in [0.1, 0.15) is 6.92 Å². The molecule has 4 heteroatoms. The summed E-state index contributed by atoms with van der Waals surface area (Å²) in [7, 11) is 0. The van der Waals surface area contributed by atoms with Crippen LogP contribution in [0.3, 0.4) is 0 Å². The molecule has 0 aliphatic heterocycles. The second-order valence-electron chi connectivity index (χ2n) is 3.11. The highest BCUT2D eigenvalue weighted by molar-refractivity contribution is 5.99. The van der Waals surface area contributed by atoms with E-state index in [1.54, 1.807) is 18.2 Å². The summed E-state index contributed by atoms with van der Waals surface area (Å²) >= 11 is 0. The summed E-state index contributed by atoms with van der Waals surface area (Å²) in [5, 5.41) is 2.56. The van der Waals surface area contributed by atoms with Gasteiger partial charge in [-0.25, -0.2) is 4.39 Å². The summed E-state index contributed by atoms with van der Waals surface area (Å²) in [4.78, 5) is 11.3. The summed E-state index contributed by atoms with van der Waals surface area (Å²) < 4.78 is 12.8. The summed E-state index contributed by atoms with van der Waals surface area (Å²) in [5.41, 5.74) is 5.84. The van der Waals surface area contributed by atoms with Gasteiger partial charge >= 0.3 is 0 Å². The molecule has 0 heterocycles. The quantitative estimate of drug-likeness (QED) is 0.467. The van der Waals surface area contributed by atoms with Crippen molar-refractivity contribution in [2.24, 2.45) is 0 Å². The standard InChI is InChI=1S/C12H13FN2O/c1-2-3-4-5-12(16)15-9-6-7-10(13)11(14)8-9/h2-8H,14H2,1H3,(H,15,16). The van der Waals surface area contributed by atoms with E-state index in [-0.39, 0.29) is 11.6 Å². The normalized spacial score (nSPS) is 11.1. The molecule has 0 atom stereocenters. The number of carbonyl (C=O) groups is 1. The van der Waals surface area contributed by atoms with E-state index in [1.165, 1.54) is 24.3 Å². The predicted octanol–water partition coefficient (Wildman–Crippen LogP) is 2.48. The van der Waals surface area contributed by atoms with Crippen LogP contribution in [-0.2, 0) is 4.79 Å². The average molecular weight is 220 g/mol. The maximum Gasteiger partial charge on any atom is 0.248 e. The highest BCUT2D eigenvalue weighted by Crippen LogP contribution is 2.16. The number of carbonyl (C=O) groups excluding carboxylic acids is 1. The van der Waals surface area contributed by atoms with Gasteiger partial charge in [-0.05, 0) is 25.1 Å². The molecule has 84 valence electrons. The van der Waals surface area contributed by atoms with Gasteiger partial charge in [-0.3, -0.25) is 4.79 Å². The number of rotatable bonds is 3. The van der Waals surface area contributed by atoms with Crippen LogP contribution >= 0.6 is 0 Å². The third-order valence-electron chi connectivity index (χ3n) is 1.81. The second-order valence-corrected chi connectivity index (χ2v) is 3.11. The van der Waals surface area contributed by atoms with Crippen LogP contribution in [0.5, 0.6) is 0 Å². The molecule has 0 fully saturated rings. The van der Waals surface area contributed by atoms with E-state index in [0.717, 1.165) is 0 Å². The Morgan fingerprint density at radius 1 is 1.44 bits per heavy atom. The summed E-state index contributed by atoms with van der Waals surface area (Å²) in [5.74, 6) is -0.786. The molecule has 0 saturated carbocycles. The Balaban J connectivity index is 2.66. The van der Waals surface area contributed by atoms with Crippen molar-refractivity contribution in [3.63, 3.8) is 0 Å². The van der Waals surface area contributed by atoms with Crippen molar-refractivity contribution in [2.45, 2.75) is 6.92 Å². The molecule has 0 aromatic heterocycles. The minimum absolute atomic E-state index is 0.00948. The molecule has 1 amide bonds. The molecule has 0 aliphatic rings. The van der Waals surface area contributed by atoms with Gasteiger partial charge in [0.05, 0.1) is 5.69 Å². The Morgan fingerprint density at radius 3 is 2.81 bits per heavy atom. The molecule has 1 rings (SSSR count). The van der Waals surface area contributed by atoms with Crippen molar-refractivity contribution >= 4 is 17.3 Å². The van der Waals surface area contributed by atoms with Crippen molar-refractivity contribution in [1.82, 2.24) is 0 Å². The number of nitrogens with one attached hydrogen (secondary N) is 1. The molecule has 0 saturated heterocycles. The zero-order valence-corrected chi connectivity index (χ0v) is 8.91. The van der Waals surface area contributed by atoms with Crippen LogP contribution in [-0.4, -0.2) is 5.91 Å². The predicted molar refractivity (Wildman–Crippen MR) is 63.4 cm³/mol. The lowest BCUT2D eigenvalue weighted by Crippen LogP contribution is -2.08. The maximum atomic E-state index is 12.8. The number of anilines is 2. The fourth-order valence-corrected chi connectivity index (χ4v) is 1.06. The van der Waals surface area contributed by atoms with Crippen LogP contribution in [0.4, 0.5) is 15.8 Å². The first-order valence-corrected chi connectivity index (χ1v) is 4.79. The Kier molecular flexibility index (Phi) is 4.27. The number of hydrogen-bond acceptors (Lipinski definition) is 2. The van der Waals surface area contributed by atoms with Gasteiger partial charge in [-0.2, -0.15) is 0 Å². The number of hydrogen-bond donors (Lipinski definition) is 2. The van der Waals surface area contributed by atoms with E-state index in [9.17, 15) is 9.18 Å². The van der Waals surface area contributed by atoms with Crippen molar-refractivity contribution in [1.29, 1.82) is 0 Å². The van der Waals surface area contributed by atoms with Gasteiger partial charge in [0, 0.05) is 11.8 Å².